The van der Waals surface area contributed by atoms with Crippen LogP contribution in [-0.4, -0.2) is 15.6 Å². The van der Waals surface area contributed by atoms with E-state index in [-0.39, 0.29) is 16.7 Å². The molecule has 2 rings (SSSR count). The second kappa shape index (κ2) is 4.53. The minimum Gasteiger partial charge on any atom is -0.478 e. The fourth-order valence-corrected chi connectivity index (χ4v) is 2.35. The number of pyridine rings is 1. The summed E-state index contributed by atoms with van der Waals surface area (Å²) in [6.45, 7) is 5.67. The molecule has 100 valence electrons. The largest absolute Gasteiger partial charge is 0.478 e. The lowest BCUT2D eigenvalue weighted by molar-refractivity contribution is 0.0698. The predicted molar refractivity (Wildman–Crippen MR) is 75.0 cm³/mol. The number of rotatable bonds is 2. The second-order valence-electron chi connectivity index (χ2n) is 5.10. The van der Waals surface area contributed by atoms with Crippen LogP contribution in [0.5, 0.6) is 0 Å². The van der Waals surface area contributed by atoms with Crippen molar-refractivity contribution in [1.29, 1.82) is 0 Å². The Balaban J connectivity index is 3.00. The van der Waals surface area contributed by atoms with E-state index in [4.69, 9.17) is 0 Å². The average Bonchev–Trinajstić information content (AvgIpc) is 2.35. The van der Waals surface area contributed by atoms with Gasteiger partial charge in [-0.2, -0.15) is 0 Å². The normalized spacial score (nSPS) is 11.2. The van der Waals surface area contributed by atoms with Crippen LogP contribution in [0.3, 0.4) is 0 Å². The van der Waals surface area contributed by atoms with Crippen LogP contribution >= 0.6 is 0 Å². The van der Waals surface area contributed by atoms with E-state index in [2.05, 4.69) is 13.8 Å². The summed E-state index contributed by atoms with van der Waals surface area (Å²) < 4.78 is 1.50. The second-order valence-corrected chi connectivity index (χ2v) is 5.10. The molecule has 4 heteroatoms. The van der Waals surface area contributed by atoms with Gasteiger partial charge in [0.1, 0.15) is 0 Å². The van der Waals surface area contributed by atoms with Crippen molar-refractivity contribution < 1.29 is 9.90 Å². The van der Waals surface area contributed by atoms with Gasteiger partial charge < -0.3 is 9.67 Å². The van der Waals surface area contributed by atoms with Crippen molar-refractivity contribution in [2.75, 3.05) is 0 Å². The quantitative estimate of drug-likeness (QED) is 0.902. The van der Waals surface area contributed by atoms with Crippen LogP contribution in [0, 0.1) is 6.92 Å². The van der Waals surface area contributed by atoms with Crippen LogP contribution in [0.4, 0.5) is 0 Å². The van der Waals surface area contributed by atoms with Crippen molar-refractivity contribution in [3.8, 4) is 0 Å². The summed E-state index contributed by atoms with van der Waals surface area (Å²) in [6, 6.07) is 5.63. The molecule has 0 saturated heterocycles. The highest BCUT2D eigenvalue weighted by Crippen LogP contribution is 2.24. The fourth-order valence-electron chi connectivity index (χ4n) is 2.35. The molecule has 0 bridgehead atoms. The Morgan fingerprint density at radius 2 is 1.95 bits per heavy atom. The topological polar surface area (TPSA) is 59.3 Å². The van der Waals surface area contributed by atoms with Crippen LogP contribution in [-0.2, 0) is 7.05 Å². The molecule has 0 aliphatic rings. The van der Waals surface area contributed by atoms with Gasteiger partial charge in [0, 0.05) is 18.0 Å². The molecule has 0 spiro atoms. The van der Waals surface area contributed by atoms with Gasteiger partial charge in [-0.1, -0.05) is 19.9 Å². The number of carboxylic acid groups (broad SMARTS) is 1. The first kappa shape index (κ1) is 13.3. The first-order valence-electron chi connectivity index (χ1n) is 6.21. The predicted octanol–water partition coefficient (Wildman–Crippen LogP) is 2.67. The molecule has 2 aromatic rings. The van der Waals surface area contributed by atoms with E-state index in [1.807, 2.05) is 18.2 Å². The number of fused-ring (bicyclic) bond motifs is 1. The van der Waals surface area contributed by atoms with E-state index in [0.717, 1.165) is 5.56 Å². The lowest BCUT2D eigenvalue weighted by atomic mass is 9.97. The zero-order valence-electron chi connectivity index (χ0n) is 11.5. The lowest BCUT2D eigenvalue weighted by Crippen LogP contribution is -2.23. The van der Waals surface area contributed by atoms with Crippen molar-refractivity contribution in [1.82, 2.24) is 4.57 Å². The van der Waals surface area contributed by atoms with Crippen molar-refractivity contribution in [3.63, 3.8) is 0 Å². The minimum absolute atomic E-state index is 0.112. The van der Waals surface area contributed by atoms with Crippen molar-refractivity contribution in [2.24, 2.45) is 7.05 Å². The van der Waals surface area contributed by atoms with Crippen LogP contribution in [0.1, 0.15) is 41.3 Å². The Morgan fingerprint density at radius 3 is 2.47 bits per heavy atom. The van der Waals surface area contributed by atoms with Gasteiger partial charge in [0.25, 0.3) is 5.56 Å². The summed E-state index contributed by atoms with van der Waals surface area (Å²) in [6.07, 6.45) is 0. The number of nitrogens with zero attached hydrogens (tertiary/aromatic N) is 1. The average molecular weight is 259 g/mol. The maximum absolute atomic E-state index is 12.0. The Kier molecular flexibility index (Phi) is 3.18. The fraction of sp³-hybridized carbons (Fsp3) is 0.333. The third-order valence-electron chi connectivity index (χ3n) is 3.53. The molecule has 1 heterocycles. The number of carboxylic acids is 1. The number of benzene rings is 1. The third kappa shape index (κ3) is 2.03. The first-order valence-corrected chi connectivity index (χ1v) is 6.21. The smallest absolute Gasteiger partial charge is 0.336 e. The number of hydrogen-bond donors (Lipinski definition) is 1. The van der Waals surface area contributed by atoms with Crippen LogP contribution in [0.25, 0.3) is 10.9 Å². The maximum atomic E-state index is 12.0. The molecular weight excluding hydrogens is 242 g/mol. The van der Waals surface area contributed by atoms with E-state index < -0.39 is 5.97 Å². The highest BCUT2D eigenvalue weighted by molar-refractivity contribution is 6.04. The Morgan fingerprint density at radius 1 is 1.32 bits per heavy atom. The van der Waals surface area contributed by atoms with Gasteiger partial charge in [-0.15, -0.1) is 0 Å². The standard InChI is InChI=1S/C15H17NO3/c1-8(2)10-5-6-12-11(7-10)13(15(18)19)9(3)14(17)16(12)4/h5-8H,1-4H3,(H,18,19). The molecule has 0 aliphatic carbocycles. The summed E-state index contributed by atoms with van der Waals surface area (Å²) in [7, 11) is 1.67. The maximum Gasteiger partial charge on any atom is 0.336 e. The number of aromatic carboxylic acids is 1. The zero-order valence-corrected chi connectivity index (χ0v) is 11.5. The molecule has 0 aliphatic heterocycles. The van der Waals surface area contributed by atoms with Crippen molar-refractivity contribution in [3.05, 3.63) is 45.2 Å². The molecule has 1 aromatic carbocycles. The van der Waals surface area contributed by atoms with E-state index in [1.165, 1.54) is 4.57 Å². The molecule has 0 amide bonds. The molecule has 0 unspecified atom stereocenters. The highest BCUT2D eigenvalue weighted by Gasteiger charge is 2.18. The van der Waals surface area contributed by atoms with Gasteiger partial charge in [0.05, 0.1) is 11.1 Å². The van der Waals surface area contributed by atoms with Crippen LogP contribution in [0.15, 0.2) is 23.0 Å². The molecule has 1 N–H and O–H groups in total. The Hall–Kier alpha value is -2.10. The number of hydrogen-bond acceptors (Lipinski definition) is 2. The van der Waals surface area contributed by atoms with Crippen molar-refractivity contribution in [2.45, 2.75) is 26.7 Å². The molecule has 0 fully saturated rings. The highest BCUT2D eigenvalue weighted by atomic mass is 16.4. The lowest BCUT2D eigenvalue weighted by Gasteiger charge is -2.13. The van der Waals surface area contributed by atoms with E-state index >= 15 is 0 Å². The molecule has 0 radical (unpaired) electrons. The number of aromatic nitrogens is 1. The monoisotopic (exact) mass is 259 g/mol. The van der Waals surface area contributed by atoms with Gasteiger partial charge in [-0.25, -0.2) is 4.79 Å². The van der Waals surface area contributed by atoms with E-state index in [0.29, 0.717) is 16.8 Å². The molecule has 19 heavy (non-hydrogen) atoms. The van der Waals surface area contributed by atoms with Gasteiger partial charge in [-0.05, 0) is 30.5 Å². The van der Waals surface area contributed by atoms with Gasteiger partial charge in [0.15, 0.2) is 0 Å². The Bertz CT molecular complexity index is 726. The number of aryl methyl sites for hydroxylation is 1. The minimum atomic E-state index is -1.05. The van der Waals surface area contributed by atoms with Crippen LogP contribution < -0.4 is 5.56 Å². The summed E-state index contributed by atoms with van der Waals surface area (Å²) in [5, 5.41) is 9.98. The Labute approximate surface area is 111 Å². The summed E-state index contributed by atoms with van der Waals surface area (Å²) in [5.74, 6) is -0.746. The third-order valence-corrected chi connectivity index (χ3v) is 3.53. The first-order chi connectivity index (χ1) is 8.84. The van der Waals surface area contributed by atoms with Gasteiger partial charge in [0.2, 0.25) is 0 Å². The molecule has 0 saturated carbocycles. The van der Waals surface area contributed by atoms with E-state index in [9.17, 15) is 14.7 Å². The number of carbonyl (C=O) groups is 1. The zero-order chi connectivity index (χ0) is 14.3. The molecular formula is C15H17NO3. The summed E-state index contributed by atoms with van der Waals surface area (Å²) >= 11 is 0. The molecule has 0 atom stereocenters. The molecule has 4 nitrogen and oxygen atoms in total. The van der Waals surface area contributed by atoms with Gasteiger partial charge >= 0.3 is 5.97 Å². The summed E-state index contributed by atoms with van der Waals surface area (Å²) in [5.41, 5.74) is 1.84. The van der Waals surface area contributed by atoms with Crippen LogP contribution in [0.2, 0.25) is 0 Å². The van der Waals surface area contributed by atoms with Gasteiger partial charge in [-0.3, -0.25) is 4.79 Å². The summed E-state index contributed by atoms with van der Waals surface area (Å²) in [4.78, 5) is 23.5. The van der Waals surface area contributed by atoms with E-state index in [1.54, 1.807) is 14.0 Å². The molecule has 1 aromatic heterocycles. The van der Waals surface area contributed by atoms with Crippen molar-refractivity contribution >= 4 is 16.9 Å². The SMILES string of the molecule is Cc1c(C(=O)O)c2cc(C(C)C)ccc2n(C)c1=O.